The molecule has 0 radical (unpaired) electrons. The Morgan fingerprint density at radius 3 is 1.71 bits per heavy atom. The second kappa shape index (κ2) is 19.4. The molecule has 2 aliphatic heterocycles. The van der Waals surface area contributed by atoms with E-state index in [2.05, 4.69) is 25.5 Å². The van der Waals surface area contributed by atoms with Crippen molar-refractivity contribution in [3.05, 3.63) is 102 Å². The van der Waals surface area contributed by atoms with Crippen molar-refractivity contribution >= 4 is 17.3 Å². The van der Waals surface area contributed by atoms with E-state index in [1.54, 1.807) is 12.4 Å². The molecule has 6 heteroatoms. The number of nitrogens with zero attached hydrogens (tertiary/aromatic N) is 3. The van der Waals surface area contributed by atoms with Crippen LogP contribution in [0, 0.1) is 0 Å². The van der Waals surface area contributed by atoms with Gasteiger partial charge < -0.3 is 15.5 Å². The van der Waals surface area contributed by atoms with Crippen molar-refractivity contribution in [2.75, 3.05) is 20.1 Å². The molecule has 1 saturated heterocycles. The predicted octanol–water partition coefficient (Wildman–Crippen LogP) is 7.16. The van der Waals surface area contributed by atoms with Gasteiger partial charge in [0.15, 0.2) is 5.82 Å². The first-order chi connectivity index (χ1) is 17.3. The van der Waals surface area contributed by atoms with Gasteiger partial charge >= 0.3 is 0 Å². The lowest BCUT2D eigenvalue weighted by atomic mass is 10.1. The maximum Gasteiger partial charge on any atom is 0.177 e. The smallest absolute Gasteiger partial charge is 0.177 e. The Morgan fingerprint density at radius 2 is 1.29 bits per heavy atom. The van der Waals surface area contributed by atoms with Crippen LogP contribution in [0.15, 0.2) is 85.3 Å². The van der Waals surface area contributed by atoms with Gasteiger partial charge in [-0.05, 0) is 49.7 Å². The van der Waals surface area contributed by atoms with Crippen LogP contribution in [0.5, 0.6) is 0 Å². The van der Waals surface area contributed by atoms with E-state index in [0.717, 1.165) is 16.3 Å². The number of aromatic nitrogens is 2. The van der Waals surface area contributed by atoms with E-state index in [4.69, 9.17) is 11.6 Å². The fourth-order valence-electron chi connectivity index (χ4n) is 3.32. The molecule has 2 aliphatic rings. The maximum absolute atomic E-state index is 5.91. The molecule has 5 nitrogen and oxygen atoms in total. The van der Waals surface area contributed by atoms with Gasteiger partial charge in [-0.2, -0.15) is 0 Å². The molecule has 3 heterocycles. The summed E-state index contributed by atoms with van der Waals surface area (Å²) >= 11 is 5.91. The molecule has 1 aromatic heterocycles. The highest BCUT2D eigenvalue weighted by molar-refractivity contribution is 6.30. The van der Waals surface area contributed by atoms with Crippen LogP contribution in [0.3, 0.4) is 0 Å². The van der Waals surface area contributed by atoms with Crippen molar-refractivity contribution in [3.8, 4) is 0 Å². The number of nitrogens with one attached hydrogen (secondary N) is 2. The van der Waals surface area contributed by atoms with Gasteiger partial charge in [-0.15, -0.1) is 0 Å². The molecule has 2 N–H and O–H groups in total. The second-order valence-corrected chi connectivity index (χ2v) is 7.74. The van der Waals surface area contributed by atoms with Gasteiger partial charge in [0.05, 0.1) is 5.70 Å². The van der Waals surface area contributed by atoms with E-state index < -0.39 is 0 Å². The van der Waals surface area contributed by atoms with Gasteiger partial charge in [0, 0.05) is 30.7 Å². The van der Waals surface area contributed by atoms with Crippen LogP contribution >= 0.6 is 11.6 Å². The van der Waals surface area contributed by atoms with Crippen molar-refractivity contribution in [2.45, 2.75) is 53.1 Å². The largest absolute Gasteiger partial charge is 0.366 e. The van der Waals surface area contributed by atoms with E-state index in [-0.39, 0.29) is 6.17 Å². The van der Waals surface area contributed by atoms with Crippen molar-refractivity contribution < 1.29 is 0 Å². The van der Waals surface area contributed by atoms with Gasteiger partial charge in [-0.1, -0.05) is 94.2 Å². The average molecular weight is 496 g/mol. The Kier molecular flexibility index (Phi) is 16.7. The first-order valence-electron chi connectivity index (χ1n) is 12.7. The van der Waals surface area contributed by atoms with Crippen molar-refractivity contribution in [1.29, 1.82) is 0 Å². The van der Waals surface area contributed by atoms with Gasteiger partial charge in [0.1, 0.15) is 6.17 Å². The minimum absolute atomic E-state index is 0.0797. The summed E-state index contributed by atoms with van der Waals surface area (Å²) < 4.78 is 0. The van der Waals surface area contributed by atoms with Crippen molar-refractivity contribution in [1.82, 2.24) is 25.5 Å². The van der Waals surface area contributed by atoms with E-state index in [9.17, 15) is 0 Å². The number of hydrogen-bond donors (Lipinski definition) is 2. The SMILES string of the molecule is C1CCNCC1.CC.CC.CN1C(c2ncccn2)=CNC1c1ccc(Cl)cc1.c1ccccc1. The lowest BCUT2D eigenvalue weighted by Gasteiger charge is -2.24. The van der Waals surface area contributed by atoms with Gasteiger partial charge in [0.2, 0.25) is 0 Å². The molecular weight excluding hydrogens is 454 g/mol. The highest BCUT2D eigenvalue weighted by atomic mass is 35.5. The van der Waals surface area contributed by atoms with Gasteiger partial charge in [-0.3, -0.25) is 0 Å². The molecule has 2 aromatic carbocycles. The third kappa shape index (κ3) is 11.4. The number of piperidine rings is 1. The molecule has 190 valence electrons. The molecule has 0 bridgehead atoms. The third-order valence-corrected chi connectivity index (χ3v) is 5.25. The molecule has 3 aromatic rings. The van der Waals surface area contributed by atoms with Crippen LogP contribution in [0.4, 0.5) is 0 Å². The quantitative estimate of drug-likeness (QED) is 0.395. The van der Waals surface area contributed by atoms with E-state index >= 15 is 0 Å². The molecule has 0 spiro atoms. The summed E-state index contributed by atoms with van der Waals surface area (Å²) in [5.74, 6) is 0.717. The Hall–Kier alpha value is -2.89. The third-order valence-electron chi connectivity index (χ3n) is 5.00. The summed E-state index contributed by atoms with van der Waals surface area (Å²) in [4.78, 5) is 10.7. The Morgan fingerprint density at radius 1 is 0.771 bits per heavy atom. The number of halogens is 1. The topological polar surface area (TPSA) is 53.1 Å². The highest BCUT2D eigenvalue weighted by Crippen LogP contribution is 2.29. The second-order valence-electron chi connectivity index (χ2n) is 7.30. The van der Waals surface area contributed by atoms with E-state index in [0.29, 0.717) is 5.82 Å². The van der Waals surface area contributed by atoms with Crippen LogP contribution in [-0.4, -0.2) is 35.0 Å². The monoisotopic (exact) mass is 495 g/mol. The fourth-order valence-corrected chi connectivity index (χ4v) is 3.44. The van der Waals surface area contributed by atoms with E-state index in [1.807, 2.05) is 108 Å². The van der Waals surface area contributed by atoms with Gasteiger partial charge in [-0.25, -0.2) is 9.97 Å². The standard InChI is InChI=1S/C14H13ClN4.C6H6.C5H11N.2C2H6/c1-19-12(13-16-7-2-8-17-13)9-18-14(19)10-3-5-11(15)6-4-10;2*1-2-4-6-5-3-1;2*1-2/h2-9,14,18H,1H3;1-6H;6H,1-5H2;2*1-2H3. The average Bonchev–Trinajstić information content (AvgIpc) is 3.35. The number of benzene rings is 2. The fraction of sp³-hybridized carbons (Fsp3) is 0.379. The summed E-state index contributed by atoms with van der Waals surface area (Å²) in [5.41, 5.74) is 2.12. The minimum atomic E-state index is 0.0797. The molecule has 1 fully saturated rings. The Labute approximate surface area is 217 Å². The number of rotatable bonds is 2. The van der Waals surface area contributed by atoms with Crippen molar-refractivity contribution in [2.24, 2.45) is 0 Å². The molecular formula is C29H42ClN5. The lowest BCUT2D eigenvalue weighted by molar-refractivity contribution is 0.353. The predicted molar refractivity (Wildman–Crippen MR) is 151 cm³/mol. The first kappa shape index (κ1) is 30.1. The molecule has 35 heavy (non-hydrogen) atoms. The van der Waals surface area contributed by atoms with Crippen molar-refractivity contribution in [3.63, 3.8) is 0 Å². The molecule has 1 unspecified atom stereocenters. The van der Waals surface area contributed by atoms with Crippen LogP contribution < -0.4 is 10.6 Å². The van der Waals surface area contributed by atoms with Crippen LogP contribution in [0.1, 0.15) is 64.5 Å². The summed E-state index contributed by atoms with van der Waals surface area (Å²) in [6.07, 6.45) is 9.72. The normalized spacial score (nSPS) is 15.7. The zero-order valence-electron chi connectivity index (χ0n) is 21.9. The maximum atomic E-state index is 5.91. The van der Waals surface area contributed by atoms with Crippen LogP contribution in [0.25, 0.3) is 5.70 Å². The summed E-state index contributed by atoms with van der Waals surface area (Å²) in [5, 5.41) is 7.36. The molecule has 0 amide bonds. The Balaban J connectivity index is 0.000000313. The highest BCUT2D eigenvalue weighted by Gasteiger charge is 2.25. The molecule has 0 saturated carbocycles. The summed E-state index contributed by atoms with van der Waals surface area (Å²) in [6.45, 7) is 10.5. The Bertz CT molecular complexity index is 859. The van der Waals surface area contributed by atoms with Crippen LogP contribution in [-0.2, 0) is 0 Å². The minimum Gasteiger partial charge on any atom is -0.366 e. The molecule has 0 aliphatic carbocycles. The number of hydrogen-bond acceptors (Lipinski definition) is 5. The van der Waals surface area contributed by atoms with E-state index in [1.165, 1.54) is 32.4 Å². The zero-order chi connectivity index (χ0) is 25.7. The summed E-state index contributed by atoms with van der Waals surface area (Å²) in [6, 6.07) is 21.6. The summed E-state index contributed by atoms with van der Waals surface area (Å²) in [7, 11) is 2.02. The first-order valence-corrected chi connectivity index (χ1v) is 13.1. The molecule has 1 atom stereocenters. The molecule has 5 rings (SSSR count). The van der Waals surface area contributed by atoms with Crippen LogP contribution in [0.2, 0.25) is 5.02 Å². The lowest BCUT2D eigenvalue weighted by Crippen LogP contribution is -2.25. The zero-order valence-corrected chi connectivity index (χ0v) is 22.7. The van der Waals surface area contributed by atoms with Gasteiger partial charge in [0.25, 0.3) is 0 Å².